The quantitative estimate of drug-likeness (QED) is 0.367. The first-order valence-electron chi connectivity index (χ1n) is 9.49. The normalized spacial score (nSPS) is 10.8. The second-order valence-corrected chi connectivity index (χ2v) is 7.71. The van der Waals surface area contributed by atoms with Gasteiger partial charge in [0.2, 0.25) is 0 Å². The van der Waals surface area contributed by atoms with E-state index in [9.17, 15) is 4.79 Å². The lowest BCUT2D eigenvalue weighted by Gasteiger charge is -2.11. The highest BCUT2D eigenvalue weighted by Crippen LogP contribution is 2.27. The standard InChI is InChI=1S/C24H23BrN2O3/c1-17-11-21(25)12-18(2)24(17)30-16-23(28)27-26-14-20-9-6-10-22(13-20)29-15-19-7-4-3-5-8-19/h3-14H,15-16H2,1-2H3,(H,27,28)/b26-14+. The van der Waals surface area contributed by atoms with Crippen molar-refractivity contribution in [2.75, 3.05) is 6.61 Å². The van der Waals surface area contributed by atoms with Crippen LogP contribution in [0.2, 0.25) is 0 Å². The van der Waals surface area contributed by atoms with E-state index in [1.165, 1.54) is 0 Å². The number of hydrogen-bond acceptors (Lipinski definition) is 4. The molecule has 0 aliphatic rings. The topological polar surface area (TPSA) is 59.9 Å². The van der Waals surface area contributed by atoms with E-state index in [2.05, 4.69) is 26.5 Å². The molecule has 0 aliphatic carbocycles. The number of amides is 1. The fourth-order valence-corrected chi connectivity index (χ4v) is 3.59. The second-order valence-electron chi connectivity index (χ2n) is 6.80. The van der Waals surface area contributed by atoms with Crippen molar-refractivity contribution in [2.24, 2.45) is 5.10 Å². The monoisotopic (exact) mass is 466 g/mol. The first-order valence-corrected chi connectivity index (χ1v) is 10.3. The van der Waals surface area contributed by atoms with Crippen molar-refractivity contribution in [1.29, 1.82) is 0 Å². The first-order chi connectivity index (χ1) is 14.5. The number of aryl methyl sites for hydroxylation is 2. The molecule has 3 rings (SSSR count). The molecule has 0 fully saturated rings. The molecule has 0 radical (unpaired) electrons. The number of nitrogens with zero attached hydrogens (tertiary/aromatic N) is 1. The maximum atomic E-state index is 12.0. The molecule has 0 aromatic heterocycles. The molecule has 0 aliphatic heterocycles. The van der Waals surface area contributed by atoms with Crippen molar-refractivity contribution in [2.45, 2.75) is 20.5 Å². The average Bonchev–Trinajstić information content (AvgIpc) is 2.72. The van der Waals surface area contributed by atoms with Gasteiger partial charge in [-0.25, -0.2) is 5.43 Å². The lowest BCUT2D eigenvalue weighted by atomic mass is 10.1. The van der Waals surface area contributed by atoms with Crippen LogP contribution in [0.5, 0.6) is 11.5 Å². The molecule has 3 aromatic rings. The lowest BCUT2D eigenvalue weighted by molar-refractivity contribution is -0.123. The van der Waals surface area contributed by atoms with Gasteiger partial charge in [0, 0.05) is 4.47 Å². The Morgan fingerprint density at radius 1 is 1.00 bits per heavy atom. The second kappa shape index (κ2) is 10.6. The van der Waals surface area contributed by atoms with Crippen LogP contribution in [-0.2, 0) is 11.4 Å². The summed E-state index contributed by atoms with van der Waals surface area (Å²) in [5, 5.41) is 4.00. The first kappa shape index (κ1) is 21.6. The van der Waals surface area contributed by atoms with E-state index in [4.69, 9.17) is 9.47 Å². The molecule has 0 heterocycles. The van der Waals surface area contributed by atoms with Gasteiger partial charge in [0.1, 0.15) is 18.1 Å². The summed E-state index contributed by atoms with van der Waals surface area (Å²) < 4.78 is 12.4. The number of ether oxygens (including phenoxy) is 2. The van der Waals surface area contributed by atoms with Crippen molar-refractivity contribution >= 4 is 28.1 Å². The van der Waals surface area contributed by atoms with E-state index in [-0.39, 0.29) is 12.5 Å². The van der Waals surface area contributed by atoms with Crippen LogP contribution in [0, 0.1) is 13.8 Å². The molecule has 0 saturated carbocycles. The van der Waals surface area contributed by atoms with E-state index >= 15 is 0 Å². The van der Waals surface area contributed by atoms with Crippen molar-refractivity contribution in [3.05, 3.63) is 93.5 Å². The minimum absolute atomic E-state index is 0.110. The van der Waals surface area contributed by atoms with Gasteiger partial charge in [-0.15, -0.1) is 0 Å². The van der Waals surface area contributed by atoms with E-state index in [1.54, 1.807) is 6.21 Å². The Hall–Kier alpha value is -3.12. The fourth-order valence-electron chi connectivity index (χ4n) is 2.90. The molecule has 0 atom stereocenters. The Bertz CT molecular complexity index is 1010. The summed E-state index contributed by atoms with van der Waals surface area (Å²) in [4.78, 5) is 12.0. The van der Waals surface area contributed by atoms with Crippen molar-refractivity contribution in [3.8, 4) is 11.5 Å². The number of halogens is 1. The van der Waals surface area contributed by atoms with Crippen LogP contribution in [0.4, 0.5) is 0 Å². The van der Waals surface area contributed by atoms with Crippen LogP contribution >= 0.6 is 15.9 Å². The Kier molecular flexibility index (Phi) is 7.63. The predicted molar refractivity (Wildman–Crippen MR) is 122 cm³/mol. The summed E-state index contributed by atoms with van der Waals surface area (Å²) in [5.41, 5.74) is 6.33. The molecular weight excluding hydrogens is 444 g/mol. The highest BCUT2D eigenvalue weighted by atomic mass is 79.9. The Balaban J connectivity index is 1.49. The summed E-state index contributed by atoms with van der Waals surface area (Å²) in [7, 11) is 0. The molecule has 5 nitrogen and oxygen atoms in total. The smallest absolute Gasteiger partial charge is 0.277 e. The Labute approximate surface area is 184 Å². The van der Waals surface area contributed by atoms with Gasteiger partial charge in [0.05, 0.1) is 6.21 Å². The number of carbonyl (C=O) groups excluding carboxylic acids is 1. The Morgan fingerprint density at radius 3 is 2.47 bits per heavy atom. The van der Waals surface area contributed by atoms with Crippen LogP contribution in [0.1, 0.15) is 22.3 Å². The highest BCUT2D eigenvalue weighted by molar-refractivity contribution is 9.10. The summed E-state index contributed by atoms with van der Waals surface area (Å²) in [6, 6.07) is 21.4. The van der Waals surface area contributed by atoms with Gasteiger partial charge in [-0.3, -0.25) is 4.79 Å². The van der Waals surface area contributed by atoms with Gasteiger partial charge in [-0.2, -0.15) is 5.10 Å². The molecule has 6 heteroatoms. The van der Waals surface area contributed by atoms with Crippen molar-refractivity contribution in [1.82, 2.24) is 5.43 Å². The molecule has 0 spiro atoms. The molecule has 0 saturated heterocycles. The molecule has 0 unspecified atom stereocenters. The minimum Gasteiger partial charge on any atom is -0.489 e. The third kappa shape index (κ3) is 6.46. The third-order valence-corrected chi connectivity index (χ3v) is 4.74. The molecule has 30 heavy (non-hydrogen) atoms. The third-order valence-electron chi connectivity index (χ3n) is 4.28. The number of hydrazone groups is 1. The zero-order valence-electron chi connectivity index (χ0n) is 16.9. The van der Waals surface area contributed by atoms with Gasteiger partial charge in [-0.05, 0) is 60.4 Å². The van der Waals surface area contributed by atoms with Crippen LogP contribution in [0.3, 0.4) is 0 Å². The zero-order valence-corrected chi connectivity index (χ0v) is 18.5. The summed E-state index contributed by atoms with van der Waals surface area (Å²) >= 11 is 3.45. The summed E-state index contributed by atoms with van der Waals surface area (Å²) in [5.74, 6) is 1.11. The largest absolute Gasteiger partial charge is 0.489 e. The number of benzene rings is 3. The van der Waals surface area contributed by atoms with Crippen LogP contribution in [0.15, 0.2) is 76.3 Å². The maximum absolute atomic E-state index is 12.0. The van der Waals surface area contributed by atoms with Crippen molar-refractivity contribution < 1.29 is 14.3 Å². The zero-order chi connectivity index (χ0) is 21.3. The van der Waals surface area contributed by atoms with Gasteiger partial charge < -0.3 is 9.47 Å². The lowest BCUT2D eigenvalue weighted by Crippen LogP contribution is -2.25. The van der Waals surface area contributed by atoms with Gasteiger partial charge in [0.25, 0.3) is 5.91 Å². The average molecular weight is 467 g/mol. The number of nitrogens with one attached hydrogen (secondary N) is 1. The van der Waals surface area contributed by atoms with E-state index in [0.717, 1.165) is 32.5 Å². The highest BCUT2D eigenvalue weighted by Gasteiger charge is 2.08. The summed E-state index contributed by atoms with van der Waals surface area (Å²) in [6.45, 7) is 4.26. The predicted octanol–water partition coefficient (Wildman–Crippen LogP) is 5.17. The van der Waals surface area contributed by atoms with E-state index in [1.807, 2.05) is 80.6 Å². The summed E-state index contributed by atoms with van der Waals surface area (Å²) in [6.07, 6.45) is 1.57. The van der Waals surface area contributed by atoms with Gasteiger partial charge >= 0.3 is 0 Å². The molecule has 1 amide bonds. The molecule has 0 bridgehead atoms. The maximum Gasteiger partial charge on any atom is 0.277 e. The van der Waals surface area contributed by atoms with Gasteiger partial charge in [-0.1, -0.05) is 58.4 Å². The molecular formula is C24H23BrN2O3. The van der Waals surface area contributed by atoms with Gasteiger partial charge in [0.15, 0.2) is 6.61 Å². The van der Waals surface area contributed by atoms with E-state index < -0.39 is 0 Å². The van der Waals surface area contributed by atoms with E-state index in [0.29, 0.717) is 12.4 Å². The minimum atomic E-state index is -0.329. The molecule has 1 N–H and O–H groups in total. The van der Waals surface area contributed by atoms with Crippen LogP contribution in [-0.4, -0.2) is 18.7 Å². The molecule has 154 valence electrons. The molecule has 3 aromatic carbocycles. The number of rotatable bonds is 8. The SMILES string of the molecule is Cc1cc(Br)cc(C)c1OCC(=O)N/N=C/c1cccc(OCc2ccccc2)c1. The fraction of sp³-hybridized carbons (Fsp3) is 0.167. The number of carbonyl (C=O) groups is 1. The Morgan fingerprint density at radius 2 is 1.73 bits per heavy atom. The number of hydrogen-bond donors (Lipinski definition) is 1. The van der Waals surface area contributed by atoms with Crippen LogP contribution in [0.25, 0.3) is 0 Å². The van der Waals surface area contributed by atoms with Crippen LogP contribution < -0.4 is 14.9 Å². The van der Waals surface area contributed by atoms with Crippen molar-refractivity contribution in [3.63, 3.8) is 0 Å².